The molecule has 0 unspecified atom stereocenters. The van der Waals surface area contributed by atoms with E-state index in [1.54, 1.807) is 30.3 Å². The van der Waals surface area contributed by atoms with Gasteiger partial charge in [-0.25, -0.2) is 22.0 Å². The van der Waals surface area contributed by atoms with Crippen molar-refractivity contribution < 1.29 is 22.0 Å². The summed E-state index contributed by atoms with van der Waals surface area (Å²) in [6.07, 6.45) is 1.87. The summed E-state index contributed by atoms with van der Waals surface area (Å²) < 4.78 is 65.3. The summed E-state index contributed by atoms with van der Waals surface area (Å²) in [5.41, 5.74) is -0.391. The highest BCUT2D eigenvalue weighted by atomic mass is 19.2. The summed E-state index contributed by atoms with van der Waals surface area (Å²) in [5.74, 6) is -9.85. The molecule has 0 saturated heterocycles. The van der Waals surface area contributed by atoms with Gasteiger partial charge in [-0.1, -0.05) is 18.2 Å². The van der Waals surface area contributed by atoms with Crippen LogP contribution in [0.15, 0.2) is 36.5 Å². The van der Waals surface area contributed by atoms with Crippen molar-refractivity contribution in [2.45, 2.75) is 0 Å². The minimum atomic E-state index is -2.17. The number of hydrogen-bond acceptors (Lipinski definition) is 1. The summed E-state index contributed by atoms with van der Waals surface area (Å²) >= 11 is 0. The van der Waals surface area contributed by atoms with E-state index >= 15 is 0 Å². The van der Waals surface area contributed by atoms with E-state index in [2.05, 4.69) is 5.32 Å². The fourth-order valence-electron chi connectivity index (χ4n) is 1.52. The number of anilines is 1. The normalized spacial score (nSPS) is 11.1. The van der Waals surface area contributed by atoms with Gasteiger partial charge in [0.1, 0.15) is 0 Å². The SMILES string of the molecule is Fc1c(F)c(F)c(C=CNc2ccccc2)c(F)c1F. The second-order valence-corrected chi connectivity index (χ2v) is 3.83. The fraction of sp³-hybridized carbons (Fsp3) is 0. The first-order valence-corrected chi connectivity index (χ1v) is 5.52. The Hall–Kier alpha value is -2.37. The molecule has 0 amide bonds. The lowest BCUT2D eigenvalue weighted by molar-refractivity contribution is 0.377. The Morgan fingerprint density at radius 1 is 0.700 bits per heavy atom. The Kier molecular flexibility index (Phi) is 4.02. The molecule has 0 atom stereocenters. The van der Waals surface area contributed by atoms with E-state index in [0.29, 0.717) is 5.69 Å². The molecule has 1 nitrogen and oxygen atoms in total. The number of benzene rings is 2. The quantitative estimate of drug-likeness (QED) is 0.498. The zero-order valence-corrected chi connectivity index (χ0v) is 9.93. The van der Waals surface area contributed by atoms with Crippen LogP contribution in [0.4, 0.5) is 27.6 Å². The first-order chi connectivity index (χ1) is 9.52. The second-order valence-electron chi connectivity index (χ2n) is 3.83. The maximum atomic E-state index is 13.3. The molecule has 2 aromatic carbocycles. The van der Waals surface area contributed by atoms with Crippen LogP contribution in [0.3, 0.4) is 0 Å². The van der Waals surface area contributed by atoms with E-state index in [4.69, 9.17) is 0 Å². The minimum Gasteiger partial charge on any atom is -0.362 e. The van der Waals surface area contributed by atoms with Crippen molar-refractivity contribution >= 4 is 11.8 Å². The summed E-state index contributed by atoms with van der Waals surface area (Å²) in [5, 5.41) is 2.65. The van der Waals surface area contributed by atoms with Gasteiger partial charge in [0.05, 0.1) is 5.56 Å². The molecule has 1 N–H and O–H groups in total. The van der Waals surface area contributed by atoms with E-state index in [1.807, 2.05) is 0 Å². The topological polar surface area (TPSA) is 12.0 Å². The molecule has 0 heterocycles. The lowest BCUT2D eigenvalue weighted by atomic mass is 10.1. The van der Waals surface area contributed by atoms with Gasteiger partial charge in [-0.05, 0) is 18.2 Å². The number of hydrogen-bond donors (Lipinski definition) is 1. The Bertz CT molecular complexity index is 623. The van der Waals surface area contributed by atoms with Gasteiger partial charge in [-0.2, -0.15) is 0 Å². The molecular formula is C14H8F5N. The van der Waals surface area contributed by atoms with Crippen molar-refractivity contribution in [2.75, 3.05) is 5.32 Å². The third-order valence-corrected chi connectivity index (χ3v) is 2.52. The standard InChI is InChI=1S/C14H8F5N/c15-10-9(11(16)13(18)14(19)12(10)17)6-7-20-8-4-2-1-3-5-8/h1-7,20H. The van der Waals surface area contributed by atoms with Crippen LogP contribution in [0.2, 0.25) is 0 Å². The third kappa shape index (κ3) is 2.64. The fourth-order valence-corrected chi connectivity index (χ4v) is 1.52. The van der Waals surface area contributed by atoms with Crippen molar-refractivity contribution in [3.8, 4) is 0 Å². The molecule has 2 rings (SSSR count). The Labute approximate surface area is 111 Å². The van der Waals surface area contributed by atoms with Gasteiger partial charge >= 0.3 is 0 Å². The average molecular weight is 285 g/mol. The van der Waals surface area contributed by atoms with Gasteiger partial charge in [0, 0.05) is 11.9 Å². The molecule has 0 saturated carbocycles. The van der Waals surface area contributed by atoms with Crippen molar-refractivity contribution in [1.29, 1.82) is 0 Å². The van der Waals surface area contributed by atoms with E-state index < -0.39 is 34.6 Å². The molecule has 0 aromatic heterocycles. The predicted molar refractivity (Wildman–Crippen MR) is 65.3 cm³/mol. The Morgan fingerprint density at radius 2 is 1.20 bits per heavy atom. The van der Waals surface area contributed by atoms with E-state index in [-0.39, 0.29) is 0 Å². The van der Waals surface area contributed by atoms with E-state index in [0.717, 1.165) is 12.3 Å². The van der Waals surface area contributed by atoms with Crippen LogP contribution in [0, 0.1) is 29.1 Å². The molecule has 0 spiro atoms. The van der Waals surface area contributed by atoms with Crippen LogP contribution in [0.5, 0.6) is 0 Å². The maximum Gasteiger partial charge on any atom is 0.200 e. The van der Waals surface area contributed by atoms with Gasteiger partial charge in [0.2, 0.25) is 5.82 Å². The largest absolute Gasteiger partial charge is 0.362 e. The lowest BCUT2D eigenvalue weighted by Gasteiger charge is -2.04. The van der Waals surface area contributed by atoms with Gasteiger partial charge < -0.3 is 5.32 Å². The molecule has 2 aromatic rings. The number of rotatable bonds is 3. The van der Waals surface area contributed by atoms with Crippen LogP contribution in [-0.2, 0) is 0 Å². The monoisotopic (exact) mass is 285 g/mol. The van der Waals surface area contributed by atoms with Crippen LogP contribution in [0.1, 0.15) is 5.56 Å². The molecule has 0 bridgehead atoms. The van der Waals surface area contributed by atoms with Crippen molar-refractivity contribution in [3.05, 3.63) is 71.2 Å². The molecule has 0 fully saturated rings. The van der Waals surface area contributed by atoms with Crippen molar-refractivity contribution in [1.82, 2.24) is 0 Å². The second kappa shape index (κ2) is 5.73. The molecule has 20 heavy (non-hydrogen) atoms. The first-order valence-electron chi connectivity index (χ1n) is 5.52. The number of halogens is 5. The van der Waals surface area contributed by atoms with Crippen LogP contribution >= 0.6 is 0 Å². The third-order valence-electron chi connectivity index (χ3n) is 2.52. The highest BCUT2D eigenvalue weighted by molar-refractivity contribution is 5.56. The van der Waals surface area contributed by atoms with Gasteiger partial charge in [-0.15, -0.1) is 0 Å². The zero-order chi connectivity index (χ0) is 14.7. The molecule has 104 valence electrons. The van der Waals surface area contributed by atoms with Crippen molar-refractivity contribution in [3.63, 3.8) is 0 Å². The molecule has 0 aliphatic heterocycles. The van der Waals surface area contributed by atoms with E-state index in [1.165, 1.54) is 0 Å². The van der Waals surface area contributed by atoms with Crippen LogP contribution in [-0.4, -0.2) is 0 Å². The summed E-state index contributed by atoms with van der Waals surface area (Å²) in [6, 6.07) is 8.54. The zero-order valence-electron chi connectivity index (χ0n) is 9.93. The summed E-state index contributed by atoms with van der Waals surface area (Å²) in [4.78, 5) is 0. The average Bonchev–Trinajstić information content (AvgIpc) is 2.48. The predicted octanol–water partition coefficient (Wildman–Crippen LogP) is 4.46. The van der Waals surface area contributed by atoms with Gasteiger partial charge in [0.15, 0.2) is 23.3 Å². The highest BCUT2D eigenvalue weighted by Gasteiger charge is 2.24. The molecule has 6 heteroatoms. The molecule has 0 aliphatic rings. The van der Waals surface area contributed by atoms with Crippen molar-refractivity contribution in [2.24, 2.45) is 0 Å². The molecule has 0 aliphatic carbocycles. The number of para-hydroxylation sites is 1. The minimum absolute atomic E-state index is 0.604. The van der Waals surface area contributed by atoms with Crippen LogP contribution in [0.25, 0.3) is 6.08 Å². The Morgan fingerprint density at radius 3 is 1.75 bits per heavy atom. The molecular weight excluding hydrogens is 277 g/mol. The summed E-state index contributed by atoms with van der Waals surface area (Å²) in [7, 11) is 0. The van der Waals surface area contributed by atoms with Gasteiger partial charge in [-0.3, -0.25) is 0 Å². The Balaban J connectivity index is 2.30. The number of nitrogens with one attached hydrogen (secondary N) is 1. The summed E-state index contributed by atoms with van der Waals surface area (Å²) in [6.45, 7) is 0. The molecule has 0 radical (unpaired) electrons. The first kappa shape index (κ1) is 14.0. The van der Waals surface area contributed by atoms with Crippen LogP contribution < -0.4 is 5.32 Å². The van der Waals surface area contributed by atoms with E-state index in [9.17, 15) is 22.0 Å². The van der Waals surface area contributed by atoms with Gasteiger partial charge in [0.25, 0.3) is 0 Å². The maximum absolute atomic E-state index is 13.3. The smallest absolute Gasteiger partial charge is 0.200 e. The lowest BCUT2D eigenvalue weighted by Crippen LogP contribution is -2.04. The highest BCUT2D eigenvalue weighted by Crippen LogP contribution is 2.24.